The fraction of sp³-hybridized carbons (Fsp3) is 0.250. The molecule has 5 heteroatoms. The molecule has 17 heavy (non-hydrogen) atoms. The van der Waals surface area contributed by atoms with Crippen LogP contribution in [0.2, 0.25) is 0 Å². The summed E-state index contributed by atoms with van der Waals surface area (Å²) in [4.78, 5) is 25.9. The maximum absolute atomic E-state index is 11.6. The molecule has 1 unspecified atom stereocenters. The Kier molecular flexibility index (Phi) is 4.23. The van der Waals surface area contributed by atoms with Crippen molar-refractivity contribution in [2.75, 3.05) is 0 Å². The third-order valence-electron chi connectivity index (χ3n) is 2.05. The Morgan fingerprint density at radius 3 is 2.76 bits per heavy atom. The fourth-order valence-corrected chi connectivity index (χ4v) is 1.19. The Hall–Kier alpha value is -2.35. The molecule has 1 atom stereocenters. The van der Waals surface area contributed by atoms with Gasteiger partial charge in [-0.3, -0.25) is 4.79 Å². The van der Waals surface area contributed by atoms with Crippen LogP contribution in [0.15, 0.2) is 18.3 Å². The van der Waals surface area contributed by atoms with Gasteiger partial charge in [-0.05, 0) is 19.1 Å². The van der Waals surface area contributed by atoms with Crippen molar-refractivity contribution in [3.05, 3.63) is 29.6 Å². The number of rotatable bonds is 4. The molecule has 0 fully saturated rings. The zero-order chi connectivity index (χ0) is 12.8. The van der Waals surface area contributed by atoms with Gasteiger partial charge in [0.05, 0.1) is 5.56 Å². The first-order valence-corrected chi connectivity index (χ1v) is 4.98. The van der Waals surface area contributed by atoms with E-state index in [4.69, 9.17) is 11.5 Å². The van der Waals surface area contributed by atoms with Crippen molar-refractivity contribution >= 4 is 11.9 Å². The monoisotopic (exact) mass is 232 g/mol. The van der Waals surface area contributed by atoms with Crippen LogP contribution in [0.25, 0.3) is 0 Å². The lowest BCUT2D eigenvalue weighted by atomic mass is 10.2. The molecule has 0 aliphatic heterocycles. The molecule has 88 valence electrons. The first-order valence-electron chi connectivity index (χ1n) is 4.98. The number of carbonyl (C=O) groups excluding carboxylic acids is 1. The van der Waals surface area contributed by atoms with Crippen LogP contribution >= 0.6 is 0 Å². The number of hydrogen-bond donors (Lipinski definition) is 2. The lowest BCUT2D eigenvalue weighted by molar-refractivity contribution is 0.0689. The minimum atomic E-state index is -1.13. The van der Waals surface area contributed by atoms with Gasteiger partial charge in [0.25, 0.3) is 5.91 Å². The van der Waals surface area contributed by atoms with Crippen LogP contribution in [0.3, 0.4) is 0 Å². The molecule has 0 aliphatic rings. The number of carboxylic acids is 1. The minimum absolute atomic E-state index is 0.0989. The number of pyridine rings is 1. The van der Waals surface area contributed by atoms with Gasteiger partial charge in [-0.25, -0.2) is 9.78 Å². The van der Waals surface area contributed by atoms with Crippen molar-refractivity contribution < 1.29 is 14.7 Å². The standard InChI is InChI=1S/C12H12N2O3/c1-3-4-8(2)14-11(15)9-5-6-10(12(16)17)13-7-9/h1,5-8H,4H2,2H3,(H,14,15)(H,16,17). The Balaban J connectivity index is 2.70. The van der Waals surface area contributed by atoms with Gasteiger partial charge in [0, 0.05) is 18.7 Å². The number of nitrogens with zero attached hydrogens (tertiary/aromatic N) is 1. The number of carbonyl (C=O) groups is 2. The van der Waals surface area contributed by atoms with Crippen LogP contribution in [0.5, 0.6) is 0 Å². The maximum atomic E-state index is 11.6. The number of aromatic carboxylic acids is 1. The highest BCUT2D eigenvalue weighted by Crippen LogP contribution is 2.01. The normalized spacial score (nSPS) is 11.3. The second-order valence-electron chi connectivity index (χ2n) is 3.52. The molecule has 0 saturated heterocycles. The van der Waals surface area contributed by atoms with Gasteiger partial charge in [-0.1, -0.05) is 0 Å². The summed E-state index contributed by atoms with van der Waals surface area (Å²) in [5.74, 6) is 0.991. The summed E-state index contributed by atoms with van der Waals surface area (Å²) >= 11 is 0. The molecule has 1 aromatic rings. The van der Waals surface area contributed by atoms with Crippen molar-refractivity contribution in [2.24, 2.45) is 0 Å². The van der Waals surface area contributed by atoms with E-state index in [0.29, 0.717) is 12.0 Å². The molecule has 1 amide bonds. The smallest absolute Gasteiger partial charge is 0.354 e. The summed E-state index contributed by atoms with van der Waals surface area (Å²) in [7, 11) is 0. The Labute approximate surface area is 98.9 Å². The predicted octanol–water partition coefficient (Wildman–Crippen LogP) is 0.921. The summed E-state index contributed by atoms with van der Waals surface area (Å²) in [6.45, 7) is 1.79. The van der Waals surface area contributed by atoms with Crippen LogP contribution in [0.1, 0.15) is 34.2 Å². The van der Waals surface area contributed by atoms with Crippen LogP contribution in [-0.2, 0) is 0 Å². The first-order chi connectivity index (χ1) is 8.04. The zero-order valence-corrected chi connectivity index (χ0v) is 9.30. The number of amides is 1. The van der Waals surface area contributed by atoms with E-state index in [1.54, 1.807) is 6.92 Å². The molecule has 1 rings (SSSR count). The van der Waals surface area contributed by atoms with Crippen LogP contribution in [0.4, 0.5) is 0 Å². The number of aromatic nitrogens is 1. The summed E-state index contributed by atoms with van der Waals surface area (Å²) in [6.07, 6.45) is 6.78. The van der Waals surface area contributed by atoms with Gasteiger partial charge in [0.2, 0.25) is 0 Å². The van der Waals surface area contributed by atoms with E-state index in [2.05, 4.69) is 16.2 Å². The summed E-state index contributed by atoms with van der Waals surface area (Å²) in [5.41, 5.74) is 0.206. The minimum Gasteiger partial charge on any atom is -0.477 e. The van der Waals surface area contributed by atoms with Gasteiger partial charge in [0.1, 0.15) is 5.69 Å². The molecule has 0 bridgehead atoms. The van der Waals surface area contributed by atoms with Gasteiger partial charge < -0.3 is 10.4 Å². The Morgan fingerprint density at radius 2 is 2.29 bits per heavy atom. The van der Waals surface area contributed by atoms with Crippen LogP contribution in [-0.4, -0.2) is 28.0 Å². The fourth-order valence-electron chi connectivity index (χ4n) is 1.19. The molecule has 0 spiro atoms. The molecule has 0 radical (unpaired) electrons. The Morgan fingerprint density at radius 1 is 1.59 bits per heavy atom. The number of terminal acetylenes is 1. The van der Waals surface area contributed by atoms with Crippen LogP contribution < -0.4 is 5.32 Å². The number of carboxylic acid groups (broad SMARTS) is 1. The molecule has 1 aromatic heterocycles. The molecule has 1 heterocycles. The molecule has 2 N–H and O–H groups in total. The van der Waals surface area contributed by atoms with Crippen LogP contribution in [0, 0.1) is 12.3 Å². The molecular weight excluding hydrogens is 220 g/mol. The van der Waals surface area contributed by atoms with E-state index in [9.17, 15) is 9.59 Å². The molecule has 0 saturated carbocycles. The van der Waals surface area contributed by atoms with E-state index in [1.807, 2.05) is 0 Å². The highest BCUT2D eigenvalue weighted by Gasteiger charge is 2.10. The lowest BCUT2D eigenvalue weighted by Gasteiger charge is -2.10. The second-order valence-corrected chi connectivity index (χ2v) is 3.52. The maximum Gasteiger partial charge on any atom is 0.354 e. The lowest BCUT2D eigenvalue weighted by Crippen LogP contribution is -2.32. The SMILES string of the molecule is C#CCC(C)NC(=O)c1ccc(C(=O)O)nc1. The van der Waals surface area contributed by atoms with Gasteiger partial charge in [0.15, 0.2) is 0 Å². The highest BCUT2D eigenvalue weighted by atomic mass is 16.4. The zero-order valence-electron chi connectivity index (χ0n) is 9.30. The van der Waals surface area contributed by atoms with E-state index in [1.165, 1.54) is 18.3 Å². The topological polar surface area (TPSA) is 79.3 Å². The highest BCUT2D eigenvalue weighted by molar-refractivity contribution is 5.95. The van der Waals surface area contributed by atoms with Crippen molar-refractivity contribution in [1.29, 1.82) is 0 Å². The second kappa shape index (κ2) is 5.66. The van der Waals surface area contributed by atoms with Gasteiger partial charge in [-0.15, -0.1) is 12.3 Å². The third-order valence-corrected chi connectivity index (χ3v) is 2.05. The van der Waals surface area contributed by atoms with Gasteiger partial charge in [-0.2, -0.15) is 0 Å². The molecule has 0 aliphatic carbocycles. The quantitative estimate of drug-likeness (QED) is 0.756. The predicted molar refractivity (Wildman–Crippen MR) is 61.6 cm³/mol. The van der Waals surface area contributed by atoms with E-state index in [-0.39, 0.29) is 17.6 Å². The summed E-state index contributed by atoms with van der Waals surface area (Å²) < 4.78 is 0. The number of nitrogens with one attached hydrogen (secondary N) is 1. The van der Waals surface area contributed by atoms with Crippen molar-refractivity contribution in [1.82, 2.24) is 10.3 Å². The molecule has 5 nitrogen and oxygen atoms in total. The van der Waals surface area contributed by atoms with E-state index in [0.717, 1.165) is 0 Å². The largest absolute Gasteiger partial charge is 0.477 e. The first kappa shape index (κ1) is 12.7. The van der Waals surface area contributed by atoms with E-state index >= 15 is 0 Å². The average molecular weight is 232 g/mol. The molecule has 0 aromatic carbocycles. The average Bonchev–Trinajstić information content (AvgIpc) is 2.29. The van der Waals surface area contributed by atoms with Crippen molar-refractivity contribution in [2.45, 2.75) is 19.4 Å². The number of hydrogen-bond acceptors (Lipinski definition) is 3. The summed E-state index contributed by atoms with van der Waals surface area (Å²) in [6, 6.07) is 2.56. The van der Waals surface area contributed by atoms with Crippen molar-refractivity contribution in [3.8, 4) is 12.3 Å². The Bertz CT molecular complexity index is 460. The van der Waals surface area contributed by atoms with Gasteiger partial charge >= 0.3 is 5.97 Å². The molecular formula is C12H12N2O3. The van der Waals surface area contributed by atoms with E-state index < -0.39 is 5.97 Å². The summed E-state index contributed by atoms with van der Waals surface area (Å²) in [5, 5.41) is 11.3. The van der Waals surface area contributed by atoms with Crippen molar-refractivity contribution in [3.63, 3.8) is 0 Å². The third kappa shape index (κ3) is 3.61.